The maximum atomic E-state index is 3.69. The van der Waals surface area contributed by atoms with Crippen molar-refractivity contribution in [3.8, 4) is 22.3 Å². The quantitative estimate of drug-likeness (QED) is 0.202. The number of nitrogens with one attached hydrogen (secondary N) is 1. The summed E-state index contributed by atoms with van der Waals surface area (Å²) in [5.74, 6) is 0. The fourth-order valence-electron chi connectivity index (χ4n) is 6.00. The lowest BCUT2D eigenvalue weighted by atomic mass is 9.92. The van der Waals surface area contributed by atoms with Gasteiger partial charge in [-0.15, -0.1) is 0 Å². The standard InChI is InChI=1S/C34H21N/c1-3-9-21(10-4-1)27-19-29-25-16-15-24-23-13-7-8-14-31(23)35-32-18-17-26(33(25)34(24)32)30(29)20-28(27)22-11-5-2-6-12-22/h1-20,35H. The zero-order chi connectivity index (χ0) is 22.9. The van der Waals surface area contributed by atoms with Gasteiger partial charge in [0.25, 0.3) is 0 Å². The second-order valence-corrected chi connectivity index (χ2v) is 9.42. The van der Waals surface area contributed by atoms with E-state index in [-0.39, 0.29) is 0 Å². The Kier molecular flexibility index (Phi) is 3.72. The van der Waals surface area contributed by atoms with Crippen molar-refractivity contribution in [3.63, 3.8) is 0 Å². The van der Waals surface area contributed by atoms with Gasteiger partial charge in [-0.2, -0.15) is 0 Å². The molecule has 0 aliphatic rings. The summed E-state index contributed by atoms with van der Waals surface area (Å²) in [5, 5.41) is 10.6. The topological polar surface area (TPSA) is 15.8 Å². The van der Waals surface area contributed by atoms with E-state index in [1.807, 2.05) is 0 Å². The van der Waals surface area contributed by atoms with Crippen molar-refractivity contribution in [2.24, 2.45) is 0 Å². The molecule has 8 aromatic rings. The number of fused-ring (bicyclic) bond motifs is 5. The highest BCUT2D eigenvalue weighted by Crippen LogP contribution is 2.46. The van der Waals surface area contributed by atoms with Gasteiger partial charge >= 0.3 is 0 Å². The highest BCUT2D eigenvalue weighted by molar-refractivity contribution is 6.37. The molecule has 0 bridgehead atoms. The van der Waals surface area contributed by atoms with Crippen molar-refractivity contribution in [1.29, 1.82) is 0 Å². The number of benzene rings is 6. The maximum absolute atomic E-state index is 3.69. The number of H-pyrrole nitrogens is 1. The smallest absolute Gasteiger partial charge is 0.0471 e. The molecule has 35 heavy (non-hydrogen) atoms. The molecule has 0 aliphatic carbocycles. The van der Waals surface area contributed by atoms with Crippen LogP contribution in [0.15, 0.2) is 121 Å². The van der Waals surface area contributed by atoms with Crippen LogP contribution in [-0.2, 0) is 0 Å². The predicted octanol–water partition coefficient (Wildman–Crippen LogP) is 9.55. The van der Waals surface area contributed by atoms with Crippen LogP contribution in [0.5, 0.6) is 0 Å². The van der Waals surface area contributed by atoms with Crippen LogP contribution in [0.2, 0.25) is 0 Å². The van der Waals surface area contributed by atoms with Gasteiger partial charge in [-0.05, 0) is 73.5 Å². The number of para-hydroxylation sites is 1. The summed E-state index contributed by atoms with van der Waals surface area (Å²) in [5.41, 5.74) is 7.41. The first-order valence-corrected chi connectivity index (χ1v) is 12.1. The molecule has 0 aliphatic heterocycles. The van der Waals surface area contributed by atoms with Gasteiger partial charge < -0.3 is 4.98 Å². The number of aromatic nitrogens is 1. The van der Waals surface area contributed by atoms with E-state index in [0.717, 1.165) is 0 Å². The third-order valence-electron chi connectivity index (χ3n) is 7.55. The molecule has 0 saturated heterocycles. The molecule has 0 atom stereocenters. The van der Waals surface area contributed by atoms with Gasteiger partial charge in [0, 0.05) is 27.2 Å². The van der Waals surface area contributed by atoms with Gasteiger partial charge in [0.1, 0.15) is 0 Å². The molecule has 0 saturated carbocycles. The second kappa shape index (κ2) is 6.94. The first-order valence-electron chi connectivity index (χ1n) is 12.1. The van der Waals surface area contributed by atoms with Gasteiger partial charge in [0.15, 0.2) is 0 Å². The van der Waals surface area contributed by atoms with Crippen LogP contribution in [0.25, 0.3) is 76.4 Å². The normalized spacial score (nSPS) is 12.0. The number of hydrogen-bond acceptors (Lipinski definition) is 0. The van der Waals surface area contributed by atoms with Gasteiger partial charge in [0.2, 0.25) is 0 Å². The van der Waals surface area contributed by atoms with Crippen molar-refractivity contribution in [1.82, 2.24) is 4.98 Å². The average molecular weight is 444 g/mol. The highest BCUT2D eigenvalue weighted by atomic mass is 14.7. The lowest BCUT2D eigenvalue weighted by Gasteiger charge is -2.12. The van der Waals surface area contributed by atoms with Gasteiger partial charge in [-0.1, -0.05) is 97.1 Å². The van der Waals surface area contributed by atoms with E-state index in [1.165, 1.54) is 76.4 Å². The maximum Gasteiger partial charge on any atom is 0.0471 e. The zero-order valence-electron chi connectivity index (χ0n) is 19.0. The van der Waals surface area contributed by atoms with Crippen LogP contribution >= 0.6 is 0 Å². The van der Waals surface area contributed by atoms with E-state index in [4.69, 9.17) is 0 Å². The lowest BCUT2D eigenvalue weighted by molar-refractivity contribution is 1.52. The molecule has 0 radical (unpaired) electrons. The minimum absolute atomic E-state index is 1.18. The van der Waals surface area contributed by atoms with Crippen LogP contribution in [-0.4, -0.2) is 4.98 Å². The minimum Gasteiger partial charge on any atom is -0.354 e. The molecule has 1 N–H and O–H groups in total. The Morgan fingerprint density at radius 3 is 1.49 bits per heavy atom. The minimum atomic E-state index is 1.18. The Morgan fingerprint density at radius 1 is 0.343 bits per heavy atom. The largest absolute Gasteiger partial charge is 0.354 e. The van der Waals surface area contributed by atoms with Crippen molar-refractivity contribution in [2.45, 2.75) is 0 Å². The summed E-state index contributed by atoms with van der Waals surface area (Å²) in [4.78, 5) is 3.69. The molecule has 162 valence electrons. The summed E-state index contributed by atoms with van der Waals surface area (Å²) in [6.45, 7) is 0. The molecule has 8 rings (SSSR count). The average Bonchev–Trinajstić information content (AvgIpc) is 3.25. The van der Waals surface area contributed by atoms with E-state index in [2.05, 4.69) is 126 Å². The molecule has 7 aromatic carbocycles. The molecule has 1 heterocycles. The van der Waals surface area contributed by atoms with Gasteiger partial charge in [-0.3, -0.25) is 0 Å². The Morgan fingerprint density at radius 2 is 0.857 bits per heavy atom. The summed E-state index contributed by atoms with van der Waals surface area (Å²) in [6, 6.07) is 44.2. The van der Waals surface area contributed by atoms with Crippen molar-refractivity contribution >= 4 is 54.1 Å². The number of hydrogen-bond donors (Lipinski definition) is 1. The van der Waals surface area contributed by atoms with Crippen LogP contribution in [0.4, 0.5) is 0 Å². The molecule has 0 amide bonds. The van der Waals surface area contributed by atoms with E-state index in [9.17, 15) is 0 Å². The van der Waals surface area contributed by atoms with E-state index < -0.39 is 0 Å². The van der Waals surface area contributed by atoms with Gasteiger partial charge in [0.05, 0.1) is 0 Å². The lowest BCUT2D eigenvalue weighted by Crippen LogP contribution is -1.86. The molecule has 0 unspecified atom stereocenters. The molecule has 1 nitrogen and oxygen atoms in total. The Labute approximate surface area is 202 Å². The van der Waals surface area contributed by atoms with Crippen LogP contribution in [0.1, 0.15) is 0 Å². The van der Waals surface area contributed by atoms with E-state index >= 15 is 0 Å². The zero-order valence-corrected chi connectivity index (χ0v) is 19.0. The molecule has 0 spiro atoms. The fourth-order valence-corrected chi connectivity index (χ4v) is 6.00. The van der Waals surface area contributed by atoms with Crippen LogP contribution in [0, 0.1) is 0 Å². The third kappa shape index (κ3) is 2.58. The number of aromatic amines is 1. The summed E-state index contributed by atoms with van der Waals surface area (Å²) in [6.07, 6.45) is 0. The van der Waals surface area contributed by atoms with Gasteiger partial charge in [-0.25, -0.2) is 0 Å². The molecule has 1 aromatic heterocycles. The Hall–Kier alpha value is -4.62. The van der Waals surface area contributed by atoms with Crippen LogP contribution in [0.3, 0.4) is 0 Å². The predicted molar refractivity (Wildman–Crippen MR) is 150 cm³/mol. The Balaban J connectivity index is 1.57. The first-order chi connectivity index (χ1) is 17.4. The molecular formula is C34H21N. The fraction of sp³-hybridized carbons (Fsp3) is 0. The van der Waals surface area contributed by atoms with E-state index in [1.54, 1.807) is 0 Å². The van der Waals surface area contributed by atoms with Crippen molar-refractivity contribution in [2.75, 3.05) is 0 Å². The van der Waals surface area contributed by atoms with Crippen molar-refractivity contribution < 1.29 is 0 Å². The van der Waals surface area contributed by atoms with Crippen molar-refractivity contribution in [3.05, 3.63) is 121 Å². The molecule has 0 fully saturated rings. The number of pyridine rings is 1. The Bertz CT molecular complexity index is 1950. The number of rotatable bonds is 2. The first kappa shape index (κ1) is 18.8. The van der Waals surface area contributed by atoms with Crippen LogP contribution < -0.4 is 0 Å². The third-order valence-corrected chi connectivity index (χ3v) is 7.55. The van der Waals surface area contributed by atoms with E-state index in [0.29, 0.717) is 0 Å². The SMILES string of the molecule is c1ccc(-c2cc3c(cc2-c2ccccc2)c2ccc4c5ccccc5[nH]c5ccc3c2c54)cc1. The molecular weight excluding hydrogens is 422 g/mol. The summed E-state index contributed by atoms with van der Waals surface area (Å²) < 4.78 is 0. The highest BCUT2D eigenvalue weighted by Gasteiger charge is 2.19. The summed E-state index contributed by atoms with van der Waals surface area (Å²) >= 11 is 0. The summed E-state index contributed by atoms with van der Waals surface area (Å²) in [7, 11) is 0. The monoisotopic (exact) mass is 443 g/mol. The second-order valence-electron chi connectivity index (χ2n) is 9.42. The molecule has 1 heteroatoms.